The maximum atomic E-state index is 5.54. The van der Waals surface area contributed by atoms with Crippen LogP contribution in [0.4, 0.5) is 6.01 Å². The number of hydrogen-bond acceptors (Lipinski definition) is 5. The highest BCUT2D eigenvalue weighted by Crippen LogP contribution is 2.18. The van der Waals surface area contributed by atoms with E-state index in [4.69, 9.17) is 8.83 Å². The molecule has 0 saturated heterocycles. The van der Waals surface area contributed by atoms with Crippen LogP contribution < -0.4 is 5.32 Å². The molecule has 3 rings (SSSR count). The predicted octanol–water partition coefficient (Wildman–Crippen LogP) is 3.04. The van der Waals surface area contributed by atoms with Gasteiger partial charge in [0.15, 0.2) is 5.58 Å². The summed E-state index contributed by atoms with van der Waals surface area (Å²) in [6, 6.07) is 8.11. The zero-order valence-corrected chi connectivity index (χ0v) is 10.2. The number of anilines is 1. The zero-order chi connectivity index (χ0) is 12.5. The first-order valence-electron chi connectivity index (χ1n) is 5.75. The largest absolute Gasteiger partial charge is 0.444 e. The summed E-state index contributed by atoms with van der Waals surface area (Å²) in [7, 11) is 0. The number of benzene rings is 1. The number of nitrogens with one attached hydrogen (secondary N) is 1. The second-order valence-electron chi connectivity index (χ2n) is 4.09. The summed E-state index contributed by atoms with van der Waals surface area (Å²) in [5.41, 5.74) is 2.50. The van der Waals surface area contributed by atoms with Gasteiger partial charge >= 0.3 is 0 Å². The second kappa shape index (κ2) is 4.18. The van der Waals surface area contributed by atoms with Crippen molar-refractivity contribution in [1.82, 2.24) is 9.97 Å². The topological polar surface area (TPSA) is 64.1 Å². The van der Waals surface area contributed by atoms with Crippen molar-refractivity contribution in [1.29, 1.82) is 0 Å². The van der Waals surface area contributed by atoms with Crippen molar-refractivity contribution in [3.05, 3.63) is 41.6 Å². The Labute approximate surface area is 104 Å². The lowest BCUT2D eigenvalue weighted by Gasteiger charge is -1.95. The van der Waals surface area contributed by atoms with Crippen molar-refractivity contribution < 1.29 is 8.83 Å². The molecule has 92 valence electrons. The Morgan fingerprint density at radius 2 is 1.94 bits per heavy atom. The second-order valence-corrected chi connectivity index (χ2v) is 4.09. The molecule has 0 spiro atoms. The van der Waals surface area contributed by atoms with Crippen molar-refractivity contribution in [2.24, 2.45) is 0 Å². The molecule has 2 aromatic heterocycles. The summed E-state index contributed by atoms with van der Waals surface area (Å²) in [4.78, 5) is 8.59. The van der Waals surface area contributed by atoms with Crippen LogP contribution in [-0.4, -0.2) is 9.97 Å². The molecule has 0 unspecified atom stereocenters. The lowest BCUT2D eigenvalue weighted by atomic mass is 10.3. The first kappa shape index (κ1) is 10.8. The molecule has 0 atom stereocenters. The van der Waals surface area contributed by atoms with Gasteiger partial charge in [0, 0.05) is 0 Å². The molecule has 18 heavy (non-hydrogen) atoms. The molecule has 0 amide bonds. The lowest BCUT2D eigenvalue weighted by molar-refractivity contribution is 0.475. The summed E-state index contributed by atoms with van der Waals surface area (Å²) < 4.78 is 11.0. The van der Waals surface area contributed by atoms with E-state index in [2.05, 4.69) is 15.3 Å². The number of aromatic nitrogens is 2. The summed E-state index contributed by atoms with van der Waals surface area (Å²) in [5, 5.41) is 3.06. The number of rotatable bonds is 3. The SMILES string of the molecule is Cc1nc(CNc2nc3ccccc3o2)oc1C. The highest BCUT2D eigenvalue weighted by Gasteiger charge is 2.08. The molecule has 5 heteroatoms. The monoisotopic (exact) mass is 243 g/mol. The number of aryl methyl sites for hydroxylation is 2. The molecule has 2 heterocycles. The highest BCUT2D eigenvalue weighted by atomic mass is 16.4. The Bertz CT molecular complexity index is 632. The van der Waals surface area contributed by atoms with E-state index in [1.807, 2.05) is 38.1 Å². The fourth-order valence-corrected chi connectivity index (χ4v) is 1.71. The number of oxazole rings is 2. The number of para-hydroxylation sites is 2. The van der Waals surface area contributed by atoms with Gasteiger partial charge in [-0.15, -0.1) is 0 Å². The van der Waals surface area contributed by atoms with Crippen molar-refractivity contribution in [2.45, 2.75) is 20.4 Å². The number of hydrogen-bond donors (Lipinski definition) is 1. The highest BCUT2D eigenvalue weighted by molar-refractivity contribution is 5.74. The van der Waals surface area contributed by atoms with Gasteiger partial charge in [0.1, 0.15) is 11.3 Å². The average molecular weight is 243 g/mol. The van der Waals surface area contributed by atoms with E-state index in [1.54, 1.807) is 0 Å². The molecule has 3 aromatic rings. The van der Waals surface area contributed by atoms with Crippen LogP contribution in [0.5, 0.6) is 0 Å². The minimum atomic E-state index is 0.460. The average Bonchev–Trinajstić information content (AvgIpc) is 2.91. The first-order chi connectivity index (χ1) is 8.72. The summed E-state index contributed by atoms with van der Waals surface area (Å²) >= 11 is 0. The molecule has 0 bridgehead atoms. The van der Waals surface area contributed by atoms with Crippen LogP contribution in [0.1, 0.15) is 17.3 Å². The van der Waals surface area contributed by atoms with Crippen molar-refractivity contribution in [3.63, 3.8) is 0 Å². The van der Waals surface area contributed by atoms with Crippen molar-refractivity contribution >= 4 is 17.1 Å². The molecule has 1 N–H and O–H groups in total. The fraction of sp³-hybridized carbons (Fsp3) is 0.231. The van der Waals surface area contributed by atoms with E-state index in [0.29, 0.717) is 18.5 Å². The van der Waals surface area contributed by atoms with Gasteiger partial charge in [0.05, 0.1) is 12.2 Å². The van der Waals surface area contributed by atoms with Crippen LogP contribution >= 0.6 is 0 Å². The van der Waals surface area contributed by atoms with Crippen molar-refractivity contribution in [3.8, 4) is 0 Å². The lowest BCUT2D eigenvalue weighted by Crippen LogP contribution is -1.99. The van der Waals surface area contributed by atoms with E-state index in [1.165, 1.54) is 0 Å². The van der Waals surface area contributed by atoms with Crippen LogP contribution in [0.25, 0.3) is 11.1 Å². The van der Waals surface area contributed by atoms with Gasteiger partial charge in [-0.2, -0.15) is 4.98 Å². The summed E-state index contributed by atoms with van der Waals surface area (Å²) in [6.45, 7) is 4.27. The van der Waals surface area contributed by atoms with Gasteiger partial charge in [-0.3, -0.25) is 0 Å². The smallest absolute Gasteiger partial charge is 0.296 e. The molecule has 1 aromatic carbocycles. The molecule has 0 aliphatic rings. The normalized spacial score (nSPS) is 11.0. The van der Waals surface area contributed by atoms with Crippen LogP contribution in [0.3, 0.4) is 0 Å². The molecule has 0 saturated carbocycles. The molecular formula is C13H13N3O2. The van der Waals surface area contributed by atoms with Crippen LogP contribution in [-0.2, 0) is 6.54 Å². The maximum Gasteiger partial charge on any atom is 0.296 e. The molecular weight excluding hydrogens is 230 g/mol. The van der Waals surface area contributed by atoms with E-state index in [9.17, 15) is 0 Å². The van der Waals surface area contributed by atoms with Crippen molar-refractivity contribution in [2.75, 3.05) is 5.32 Å². The van der Waals surface area contributed by atoms with E-state index >= 15 is 0 Å². The van der Waals surface area contributed by atoms with E-state index < -0.39 is 0 Å². The summed E-state index contributed by atoms with van der Waals surface area (Å²) in [5.74, 6) is 1.47. The van der Waals surface area contributed by atoms with Crippen LogP contribution in [0.15, 0.2) is 33.1 Å². The van der Waals surface area contributed by atoms with Gasteiger partial charge < -0.3 is 14.2 Å². The van der Waals surface area contributed by atoms with Gasteiger partial charge in [-0.1, -0.05) is 12.1 Å². The third-order valence-corrected chi connectivity index (χ3v) is 2.76. The Morgan fingerprint density at radius 3 is 2.67 bits per heavy atom. The molecule has 0 aliphatic heterocycles. The van der Waals surface area contributed by atoms with E-state index in [0.717, 1.165) is 22.6 Å². The van der Waals surface area contributed by atoms with Gasteiger partial charge in [0.25, 0.3) is 6.01 Å². The minimum Gasteiger partial charge on any atom is -0.444 e. The Morgan fingerprint density at radius 1 is 1.11 bits per heavy atom. The van der Waals surface area contributed by atoms with Crippen LogP contribution in [0.2, 0.25) is 0 Å². The Balaban J connectivity index is 1.76. The molecule has 0 fully saturated rings. The minimum absolute atomic E-state index is 0.460. The first-order valence-corrected chi connectivity index (χ1v) is 5.75. The van der Waals surface area contributed by atoms with Gasteiger partial charge in [0.2, 0.25) is 5.89 Å². The van der Waals surface area contributed by atoms with E-state index in [-0.39, 0.29) is 0 Å². The molecule has 5 nitrogen and oxygen atoms in total. The molecule has 0 aliphatic carbocycles. The number of nitrogens with zero attached hydrogens (tertiary/aromatic N) is 2. The maximum absolute atomic E-state index is 5.54. The molecule has 0 radical (unpaired) electrons. The van der Waals surface area contributed by atoms with Crippen LogP contribution in [0, 0.1) is 13.8 Å². The Hall–Kier alpha value is -2.30. The third kappa shape index (κ3) is 1.95. The van der Waals surface area contributed by atoms with Gasteiger partial charge in [-0.05, 0) is 26.0 Å². The zero-order valence-electron chi connectivity index (χ0n) is 10.2. The summed E-state index contributed by atoms with van der Waals surface area (Å²) in [6.07, 6.45) is 0. The standard InChI is InChI=1S/C13H13N3O2/c1-8-9(2)17-12(15-8)7-14-13-16-10-5-3-4-6-11(10)18-13/h3-6H,7H2,1-2H3,(H,14,16). The number of fused-ring (bicyclic) bond motifs is 1. The third-order valence-electron chi connectivity index (χ3n) is 2.76. The fourth-order valence-electron chi connectivity index (χ4n) is 1.71. The van der Waals surface area contributed by atoms with Gasteiger partial charge in [-0.25, -0.2) is 4.98 Å². The Kier molecular flexibility index (Phi) is 2.51. The quantitative estimate of drug-likeness (QED) is 0.766. The predicted molar refractivity (Wildman–Crippen MR) is 67.3 cm³/mol.